The number of hydrogen-bond donors (Lipinski definition) is 0. The lowest BCUT2D eigenvalue weighted by Gasteiger charge is -2.36. The Morgan fingerprint density at radius 2 is 1.68 bits per heavy atom. The number of nitrogens with zero attached hydrogens (tertiary/aromatic N) is 2. The van der Waals surface area contributed by atoms with Crippen molar-refractivity contribution in [3.63, 3.8) is 0 Å². The molecule has 0 aliphatic carbocycles. The molecule has 0 saturated carbocycles. The fourth-order valence-electron chi connectivity index (χ4n) is 4.33. The minimum atomic E-state index is -3.60. The molecule has 2 fully saturated rings. The van der Waals surface area contributed by atoms with Gasteiger partial charge in [0.05, 0.1) is 10.8 Å². The highest BCUT2D eigenvalue weighted by Gasteiger charge is 2.35. The van der Waals surface area contributed by atoms with Gasteiger partial charge in [-0.2, -0.15) is 4.31 Å². The highest BCUT2D eigenvalue weighted by molar-refractivity contribution is 7.89. The van der Waals surface area contributed by atoms with Crippen LogP contribution in [0.4, 0.5) is 0 Å². The van der Waals surface area contributed by atoms with Gasteiger partial charge in [0.1, 0.15) is 0 Å². The van der Waals surface area contributed by atoms with Crippen molar-refractivity contribution in [3.8, 4) is 0 Å². The van der Waals surface area contributed by atoms with Gasteiger partial charge in [-0.3, -0.25) is 4.79 Å². The van der Waals surface area contributed by atoms with Gasteiger partial charge in [-0.1, -0.05) is 37.3 Å². The van der Waals surface area contributed by atoms with E-state index in [1.807, 2.05) is 35.2 Å². The molecule has 0 bridgehead atoms. The summed E-state index contributed by atoms with van der Waals surface area (Å²) in [6, 6.07) is 13.0. The summed E-state index contributed by atoms with van der Waals surface area (Å²) in [5.41, 5.74) is 0. The van der Waals surface area contributed by atoms with E-state index in [0.717, 1.165) is 49.5 Å². The summed E-state index contributed by atoms with van der Waals surface area (Å²) in [6.07, 6.45) is 3.58. The summed E-state index contributed by atoms with van der Waals surface area (Å²) in [6.45, 7) is 4.60. The van der Waals surface area contributed by atoms with Gasteiger partial charge >= 0.3 is 0 Å². The molecule has 2 aromatic carbocycles. The molecule has 4 rings (SSSR count). The van der Waals surface area contributed by atoms with Crippen LogP contribution in [-0.2, 0) is 14.8 Å². The fraction of sp³-hybridized carbons (Fsp3) is 0.500. The molecule has 0 unspecified atom stereocenters. The molecule has 150 valence electrons. The quantitative estimate of drug-likeness (QED) is 0.792. The van der Waals surface area contributed by atoms with Gasteiger partial charge in [-0.25, -0.2) is 8.42 Å². The molecule has 1 atom stereocenters. The third-order valence-corrected chi connectivity index (χ3v) is 8.05. The maximum absolute atomic E-state index is 13.2. The number of carbonyl (C=O) groups is 1. The van der Waals surface area contributed by atoms with Gasteiger partial charge < -0.3 is 4.90 Å². The first kappa shape index (κ1) is 19.4. The van der Waals surface area contributed by atoms with Crippen molar-refractivity contribution in [1.29, 1.82) is 0 Å². The smallest absolute Gasteiger partial charge is 0.243 e. The van der Waals surface area contributed by atoms with Crippen molar-refractivity contribution in [2.75, 3.05) is 26.2 Å². The van der Waals surface area contributed by atoms with Crippen LogP contribution in [-0.4, -0.2) is 49.7 Å². The number of rotatable bonds is 3. The lowest BCUT2D eigenvalue weighted by molar-refractivity contribution is -0.138. The molecule has 0 N–H and O–H groups in total. The van der Waals surface area contributed by atoms with Crippen LogP contribution in [0.5, 0.6) is 0 Å². The van der Waals surface area contributed by atoms with Crippen molar-refractivity contribution >= 4 is 26.7 Å². The van der Waals surface area contributed by atoms with E-state index in [-0.39, 0.29) is 11.8 Å². The van der Waals surface area contributed by atoms with Crippen molar-refractivity contribution in [2.24, 2.45) is 11.8 Å². The second kappa shape index (κ2) is 7.84. The first-order valence-electron chi connectivity index (χ1n) is 10.2. The van der Waals surface area contributed by atoms with Gasteiger partial charge in [0.15, 0.2) is 0 Å². The van der Waals surface area contributed by atoms with Gasteiger partial charge in [-0.05, 0) is 54.5 Å². The number of fused-ring (bicyclic) bond motifs is 1. The average molecular weight is 401 g/mol. The van der Waals surface area contributed by atoms with E-state index in [4.69, 9.17) is 0 Å². The summed E-state index contributed by atoms with van der Waals surface area (Å²) in [7, 11) is -3.60. The van der Waals surface area contributed by atoms with Gasteiger partial charge in [-0.15, -0.1) is 0 Å². The number of sulfonamides is 1. The summed E-state index contributed by atoms with van der Waals surface area (Å²) in [4.78, 5) is 15.2. The van der Waals surface area contributed by atoms with Gasteiger partial charge in [0.2, 0.25) is 15.9 Å². The minimum Gasteiger partial charge on any atom is -0.342 e. The van der Waals surface area contributed by atoms with Crippen LogP contribution in [0, 0.1) is 11.8 Å². The Balaban J connectivity index is 1.52. The number of carbonyl (C=O) groups excluding carboxylic acids is 1. The van der Waals surface area contributed by atoms with Crippen LogP contribution >= 0.6 is 0 Å². The molecular formula is C22H28N2O3S. The molecule has 28 heavy (non-hydrogen) atoms. The van der Waals surface area contributed by atoms with Gasteiger partial charge in [0, 0.05) is 26.2 Å². The lowest BCUT2D eigenvalue weighted by Crippen LogP contribution is -2.48. The highest BCUT2D eigenvalue weighted by Crippen LogP contribution is 2.28. The van der Waals surface area contributed by atoms with Crippen molar-refractivity contribution in [2.45, 2.75) is 37.5 Å². The molecule has 2 heterocycles. The third-order valence-electron chi connectivity index (χ3n) is 6.19. The Morgan fingerprint density at radius 1 is 0.964 bits per heavy atom. The number of amides is 1. The summed E-state index contributed by atoms with van der Waals surface area (Å²) in [5.74, 6) is 0.572. The molecule has 2 aromatic rings. The van der Waals surface area contributed by atoms with E-state index in [1.54, 1.807) is 12.1 Å². The number of piperidine rings is 2. The second-order valence-electron chi connectivity index (χ2n) is 8.22. The van der Waals surface area contributed by atoms with Crippen LogP contribution in [0.1, 0.15) is 32.6 Å². The van der Waals surface area contributed by atoms with E-state index in [9.17, 15) is 13.2 Å². The molecule has 6 heteroatoms. The molecule has 0 aromatic heterocycles. The monoisotopic (exact) mass is 400 g/mol. The zero-order valence-electron chi connectivity index (χ0n) is 16.4. The number of hydrogen-bond acceptors (Lipinski definition) is 3. The Labute approximate surface area is 167 Å². The van der Waals surface area contributed by atoms with E-state index in [0.29, 0.717) is 23.9 Å². The van der Waals surface area contributed by atoms with Crippen LogP contribution in [0.3, 0.4) is 0 Å². The molecule has 2 saturated heterocycles. The standard InChI is InChI=1S/C22H28N2O3S/c1-17-10-13-23(14-11-17)22(25)20-7-4-12-24(16-20)28(26,27)21-9-8-18-5-2-3-6-19(18)15-21/h2-3,5-6,8-9,15,17,20H,4,7,10-14,16H2,1H3/t20-/m0/s1. The number of likely N-dealkylation sites (tertiary alicyclic amines) is 1. The average Bonchev–Trinajstić information content (AvgIpc) is 2.73. The Morgan fingerprint density at radius 3 is 2.43 bits per heavy atom. The minimum absolute atomic E-state index is 0.130. The second-order valence-corrected chi connectivity index (χ2v) is 10.2. The van der Waals surface area contributed by atoms with Crippen LogP contribution < -0.4 is 0 Å². The normalized spacial score (nSPS) is 22.5. The number of benzene rings is 2. The Kier molecular flexibility index (Phi) is 5.43. The SMILES string of the molecule is CC1CCN(C(=O)[C@H]2CCCN(S(=O)(=O)c3ccc4ccccc4c3)C2)CC1. The maximum atomic E-state index is 13.2. The predicted molar refractivity (Wildman–Crippen MR) is 110 cm³/mol. The van der Waals surface area contributed by atoms with Crippen molar-refractivity contribution < 1.29 is 13.2 Å². The summed E-state index contributed by atoms with van der Waals surface area (Å²) in [5, 5.41) is 1.93. The molecule has 1 amide bonds. The fourth-order valence-corrected chi connectivity index (χ4v) is 5.89. The van der Waals surface area contributed by atoms with Gasteiger partial charge in [0.25, 0.3) is 0 Å². The lowest BCUT2D eigenvalue weighted by atomic mass is 9.94. The highest BCUT2D eigenvalue weighted by atomic mass is 32.2. The van der Waals surface area contributed by atoms with Crippen LogP contribution in [0.15, 0.2) is 47.4 Å². The molecule has 2 aliphatic rings. The zero-order chi connectivity index (χ0) is 19.7. The molecule has 0 spiro atoms. The van der Waals surface area contributed by atoms with E-state index >= 15 is 0 Å². The summed E-state index contributed by atoms with van der Waals surface area (Å²) >= 11 is 0. The molecular weight excluding hydrogens is 372 g/mol. The van der Waals surface area contributed by atoms with E-state index < -0.39 is 10.0 Å². The first-order valence-corrected chi connectivity index (χ1v) is 11.7. The maximum Gasteiger partial charge on any atom is 0.243 e. The Hall–Kier alpha value is -1.92. The predicted octanol–water partition coefficient (Wildman–Crippen LogP) is 3.50. The van der Waals surface area contributed by atoms with Crippen LogP contribution in [0.25, 0.3) is 10.8 Å². The van der Waals surface area contributed by atoms with Crippen molar-refractivity contribution in [1.82, 2.24) is 9.21 Å². The van der Waals surface area contributed by atoms with Crippen LogP contribution in [0.2, 0.25) is 0 Å². The first-order chi connectivity index (χ1) is 13.4. The Bertz CT molecular complexity index is 965. The summed E-state index contributed by atoms with van der Waals surface area (Å²) < 4.78 is 27.9. The van der Waals surface area contributed by atoms with Crippen molar-refractivity contribution in [3.05, 3.63) is 42.5 Å². The topological polar surface area (TPSA) is 57.7 Å². The molecule has 2 aliphatic heterocycles. The molecule has 5 nitrogen and oxygen atoms in total. The zero-order valence-corrected chi connectivity index (χ0v) is 17.2. The third kappa shape index (κ3) is 3.80. The van der Waals surface area contributed by atoms with E-state index in [1.165, 1.54) is 4.31 Å². The van der Waals surface area contributed by atoms with E-state index in [2.05, 4.69) is 6.92 Å². The molecule has 0 radical (unpaired) electrons. The largest absolute Gasteiger partial charge is 0.342 e.